The molecule has 1 aromatic rings. The van der Waals surface area contributed by atoms with Gasteiger partial charge in [-0.2, -0.15) is 4.31 Å². The standard InChI is InChI=1S/C11H14F2N2O2S/c1-2-15(8-6-14-7-8)18(16,17)11-9(12)4-3-5-10(11)13/h3-5,8,14H,2,6-7H2,1H3. The van der Waals surface area contributed by atoms with Crippen LogP contribution < -0.4 is 5.32 Å². The summed E-state index contributed by atoms with van der Waals surface area (Å²) >= 11 is 0. The lowest BCUT2D eigenvalue weighted by molar-refractivity contribution is 0.248. The lowest BCUT2D eigenvalue weighted by atomic mass is 10.2. The molecule has 0 radical (unpaired) electrons. The summed E-state index contributed by atoms with van der Waals surface area (Å²) in [4.78, 5) is -0.862. The molecule has 0 aliphatic carbocycles. The number of benzene rings is 1. The molecule has 7 heteroatoms. The fourth-order valence-corrected chi connectivity index (χ4v) is 3.69. The second-order valence-electron chi connectivity index (χ2n) is 4.07. The number of nitrogens with one attached hydrogen (secondary N) is 1. The minimum Gasteiger partial charge on any atom is -0.313 e. The summed E-state index contributed by atoms with van der Waals surface area (Å²) in [6, 6.07) is 2.80. The molecule has 4 nitrogen and oxygen atoms in total. The van der Waals surface area contributed by atoms with E-state index in [1.54, 1.807) is 6.92 Å². The van der Waals surface area contributed by atoms with Gasteiger partial charge in [0.2, 0.25) is 10.0 Å². The molecule has 1 fully saturated rings. The molecule has 1 saturated heterocycles. The van der Waals surface area contributed by atoms with Crippen molar-refractivity contribution in [3.63, 3.8) is 0 Å². The van der Waals surface area contributed by atoms with Gasteiger partial charge in [0.25, 0.3) is 0 Å². The van der Waals surface area contributed by atoms with Gasteiger partial charge in [-0.05, 0) is 12.1 Å². The first-order valence-electron chi connectivity index (χ1n) is 5.65. The number of likely N-dealkylation sites (N-methyl/N-ethyl adjacent to an activating group) is 1. The van der Waals surface area contributed by atoms with Crippen molar-refractivity contribution in [2.24, 2.45) is 0 Å². The molecule has 0 saturated carbocycles. The minimum absolute atomic E-state index is 0.183. The number of hydrogen-bond acceptors (Lipinski definition) is 3. The Morgan fingerprint density at radius 2 is 1.89 bits per heavy atom. The molecule has 0 amide bonds. The van der Waals surface area contributed by atoms with Crippen molar-refractivity contribution >= 4 is 10.0 Å². The van der Waals surface area contributed by atoms with Crippen molar-refractivity contribution in [2.75, 3.05) is 19.6 Å². The SMILES string of the molecule is CCN(C1CNC1)S(=O)(=O)c1c(F)cccc1F. The zero-order valence-corrected chi connectivity index (χ0v) is 10.7. The van der Waals surface area contributed by atoms with E-state index in [0.29, 0.717) is 13.1 Å². The predicted molar refractivity (Wildman–Crippen MR) is 62.6 cm³/mol. The topological polar surface area (TPSA) is 49.4 Å². The molecule has 2 rings (SSSR count). The Balaban J connectivity index is 2.46. The highest BCUT2D eigenvalue weighted by atomic mass is 32.2. The quantitative estimate of drug-likeness (QED) is 0.890. The number of sulfonamides is 1. The summed E-state index contributed by atoms with van der Waals surface area (Å²) in [6.07, 6.45) is 0. The zero-order valence-electron chi connectivity index (χ0n) is 9.86. The van der Waals surface area contributed by atoms with Gasteiger partial charge < -0.3 is 5.32 Å². The van der Waals surface area contributed by atoms with Crippen molar-refractivity contribution in [3.8, 4) is 0 Å². The maximum Gasteiger partial charge on any atom is 0.249 e. The summed E-state index contributed by atoms with van der Waals surface area (Å²) in [7, 11) is -4.13. The van der Waals surface area contributed by atoms with Crippen LogP contribution in [0.15, 0.2) is 23.1 Å². The largest absolute Gasteiger partial charge is 0.313 e. The van der Waals surface area contributed by atoms with Crippen molar-refractivity contribution in [3.05, 3.63) is 29.8 Å². The first kappa shape index (κ1) is 13.4. The molecule has 1 aliphatic rings. The van der Waals surface area contributed by atoms with Crippen LogP contribution in [-0.2, 0) is 10.0 Å². The fourth-order valence-electron chi connectivity index (χ4n) is 1.95. The summed E-state index contributed by atoms with van der Waals surface area (Å²) in [5.41, 5.74) is 0. The Morgan fingerprint density at radius 1 is 1.33 bits per heavy atom. The van der Waals surface area contributed by atoms with Gasteiger partial charge in [0, 0.05) is 19.6 Å². The minimum atomic E-state index is -4.13. The van der Waals surface area contributed by atoms with Crippen molar-refractivity contribution < 1.29 is 17.2 Å². The molecule has 1 heterocycles. The Kier molecular flexibility index (Phi) is 3.65. The maximum atomic E-state index is 13.6. The number of halogens is 2. The fraction of sp³-hybridized carbons (Fsp3) is 0.455. The van der Waals surface area contributed by atoms with E-state index < -0.39 is 26.6 Å². The van der Waals surface area contributed by atoms with E-state index in [9.17, 15) is 17.2 Å². The zero-order chi connectivity index (χ0) is 13.3. The third-order valence-corrected chi connectivity index (χ3v) is 5.04. The molecule has 0 aromatic heterocycles. The molecule has 100 valence electrons. The van der Waals surface area contributed by atoms with Gasteiger partial charge in [0.05, 0.1) is 6.04 Å². The first-order valence-corrected chi connectivity index (χ1v) is 7.09. The number of hydrogen-bond donors (Lipinski definition) is 1. The molecule has 1 aromatic carbocycles. The normalized spacial score (nSPS) is 16.9. The van der Waals surface area contributed by atoms with Gasteiger partial charge in [-0.3, -0.25) is 0 Å². The van der Waals surface area contributed by atoms with Gasteiger partial charge >= 0.3 is 0 Å². The highest BCUT2D eigenvalue weighted by Gasteiger charge is 2.36. The number of rotatable bonds is 4. The van der Waals surface area contributed by atoms with Crippen molar-refractivity contribution in [1.29, 1.82) is 0 Å². The van der Waals surface area contributed by atoms with E-state index in [2.05, 4.69) is 5.32 Å². The van der Waals surface area contributed by atoms with Gasteiger partial charge in [-0.25, -0.2) is 17.2 Å². The summed E-state index contributed by atoms with van der Waals surface area (Å²) in [6.45, 7) is 2.84. The molecular formula is C11H14F2N2O2S. The van der Waals surface area contributed by atoms with E-state index >= 15 is 0 Å². The Morgan fingerprint density at radius 3 is 2.28 bits per heavy atom. The van der Waals surface area contributed by atoms with E-state index in [0.717, 1.165) is 22.5 Å². The molecule has 0 atom stereocenters. The van der Waals surface area contributed by atoms with Crippen LogP contribution in [0.25, 0.3) is 0 Å². The third-order valence-electron chi connectivity index (χ3n) is 2.96. The molecule has 0 spiro atoms. The van der Waals surface area contributed by atoms with E-state index in [1.165, 1.54) is 0 Å². The van der Waals surface area contributed by atoms with E-state index in [1.807, 2.05) is 0 Å². The van der Waals surface area contributed by atoms with Gasteiger partial charge in [0.1, 0.15) is 11.6 Å². The highest BCUT2D eigenvalue weighted by molar-refractivity contribution is 7.89. The van der Waals surface area contributed by atoms with Gasteiger partial charge in [0.15, 0.2) is 4.90 Å². The number of nitrogens with zero attached hydrogens (tertiary/aromatic N) is 1. The molecule has 0 unspecified atom stereocenters. The summed E-state index contributed by atoms with van der Waals surface area (Å²) < 4.78 is 52.8. The Bertz CT molecular complexity index is 524. The first-order chi connectivity index (χ1) is 8.48. The van der Waals surface area contributed by atoms with Gasteiger partial charge in [-0.15, -0.1) is 0 Å². The molecule has 18 heavy (non-hydrogen) atoms. The van der Waals surface area contributed by atoms with E-state index in [-0.39, 0.29) is 12.6 Å². The monoisotopic (exact) mass is 276 g/mol. The average Bonchev–Trinajstić information content (AvgIpc) is 2.22. The summed E-state index contributed by atoms with van der Waals surface area (Å²) in [5, 5.41) is 2.94. The van der Waals surface area contributed by atoms with Gasteiger partial charge in [-0.1, -0.05) is 13.0 Å². The maximum absolute atomic E-state index is 13.6. The molecule has 1 N–H and O–H groups in total. The lowest BCUT2D eigenvalue weighted by Gasteiger charge is -2.36. The lowest BCUT2D eigenvalue weighted by Crippen LogP contribution is -2.58. The van der Waals surface area contributed by atoms with E-state index in [4.69, 9.17) is 0 Å². The predicted octanol–water partition coefficient (Wildman–Crippen LogP) is 0.947. The van der Waals surface area contributed by atoms with Crippen LogP contribution in [0, 0.1) is 11.6 Å². The summed E-state index contributed by atoms with van der Waals surface area (Å²) in [5.74, 6) is -2.11. The van der Waals surface area contributed by atoms with Crippen LogP contribution in [0.1, 0.15) is 6.92 Å². The van der Waals surface area contributed by atoms with Crippen LogP contribution in [-0.4, -0.2) is 38.4 Å². The van der Waals surface area contributed by atoms with Crippen LogP contribution in [0.2, 0.25) is 0 Å². The second kappa shape index (κ2) is 4.91. The van der Waals surface area contributed by atoms with Crippen LogP contribution in [0.4, 0.5) is 8.78 Å². The van der Waals surface area contributed by atoms with Crippen molar-refractivity contribution in [2.45, 2.75) is 17.9 Å². The van der Waals surface area contributed by atoms with Crippen LogP contribution >= 0.6 is 0 Å². The highest BCUT2D eigenvalue weighted by Crippen LogP contribution is 2.24. The van der Waals surface area contributed by atoms with Crippen LogP contribution in [0.5, 0.6) is 0 Å². The van der Waals surface area contributed by atoms with Crippen LogP contribution in [0.3, 0.4) is 0 Å². The molecule has 0 bridgehead atoms. The second-order valence-corrected chi connectivity index (χ2v) is 5.90. The van der Waals surface area contributed by atoms with Crippen molar-refractivity contribution in [1.82, 2.24) is 9.62 Å². The Labute approximate surface area is 105 Å². The smallest absolute Gasteiger partial charge is 0.249 e. The molecular weight excluding hydrogens is 262 g/mol. The molecule has 1 aliphatic heterocycles. The average molecular weight is 276 g/mol. The Hall–Kier alpha value is -1.05. The third kappa shape index (κ3) is 2.13.